The molecule has 1 aliphatic heterocycles. The second-order valence-corrected chi connectivity index (χ2v) is 6.64. The van der Waals surface area contributed by atoms with E-state index in [-0.39, 0.29) is 5.91 Å². The van der Waals surface area contributed by atoms with Crippen LogP contribution in [0.25, 0.3) is 5.69 Å². The first-order valence-electron chi connectivity index (χ1n) is 8.91. The molecule has 0 saturated carbocycles. The fourth-order valence-corrected chi connectivity index (χ4v) is 3.49. The maximum atomic E-state index is 12.5. The van der Waals surface area contributed by atoms with E-state index in [1.54, 1.807) is 0 Å². The van der Waals surface area contributed by atoms with Crippen molar-refractivity contribution in [3.8, 4) is 5.69 Å². The smallest absolute Gasteiger partial charge is 0.224 e. The molecule has 0 aliphatic carbocycles. The van der Waals surface area contributed by atoms with Gasteiger partial charge >= 0.3 is 0 Å². The normalized spacial score (nSPS) is 13.0. The number of rotatable bonds is 5. The lowest BCUT2D eigenvalue weighted by atomic mass is 10.1. The zero-order valence-electron chi connectivity index (χ0n) is 15.1. The fraction of sp³-hybridized carbons (Fsp3) is 0.368. The number of fused-ring (bicyclic) bond motifs is 1. The van der Waals surface area contributed by atoms with Gasteiger partial charge in [0.1, 0.15) is 5.82 Å². The summed E-state index contributed by atoms with van der Waals surface area (Å²) in [6.45, 7) is 5.30. The van der Waals surface area contributed by atoms with Gasteiger partial charge in [-0.15, -0.1) is 10.2 Å². The van der Waals surface area contributed by atoms with Crippen molar-refractivity contribution >= 4 is 5.91 Å². The minimum atomic E-state index is -0.0286. The van der Waals surface area contributed by atoms with Crippen LogP contribution >= 0.6 is 0 Å². The zero-order chi connectivity index (χ0) is 18.1. The number of carbonyl (C=O) groups is 1. The number of para-hydroxylation sites is 1. The van der Waals surface area contributed by atoms with Gasteiger partial charge in [0.15, 0.2) is 5.82 Å². The maximum absolute atomic E-state index is 12.5. The molecule has 0 fully saturated rings. The van der Waals surface area contributed by atoms with E-state index < -0.39 is 0 Å². The molecule has 3 aromatic rings. The lowest BCUT2D eigenvalue weighted by Crippen LogP contribution is -2.26. The average molecular weight is 350 g/mol. The molecule has 7 nitrogen and oxygen atoms in total. The second kappa shape index (κ2) is 6.74. The van der Waals surface area contributed by atoms with Crippen molar-refractivity contribution in [1.82, 2.24) is 29.9 Å². The molecule has 2 aromatic heterocycles. The summed E-state index contributed by atoms with van der Waals surface area (Å²) in [5, 5.41) is 15.9. The predicted molar refractivity (Wildman–Crippen MR) is 96.9 cm³/mol. The van der Waals surface area contributed by atoms with Crippen LogP contribution in [0.2, 0.25) is 0 Å². The van der Waals surface area contributed by atoms with Crippen molar-refractivity contribution in [2.75, 3.05) is 0 Å². The minimum absolute atomic E-state index is 0.0286. The molecule has 0 radical (unpaired) electrons. The van der Waals surface area contributed by atoms with Crippen molar-refractivity contribution in [2.24, 2.45) is 0 Å². The molecule has 0 unspecified atom stereocenters. The fourth-order valence-electron chi connectivity index (χ4n) is 3.49. The van der Waals surface area contributed by atoms with Gasteiger partial charge in [0.25, 0.3) is 0 Å². The molecule has 0 spiro atoms. The van der Waals surface area contributed by atoms with Crippen LogP contribution in [0.3, 0.4) is 0 Å². The van der Waals surface area contributed by atoms with Gasteiger partial charge in [0.05, 0.1) is 24.3 Å². The number of hydrogen-bond acceptors (Lipinski definition) is 4. The molecule has 1 amide bonds. The van der Waals surface area contributed by atoms with E-state index in [1.165, 1.54) is 0 Å². The van der Waals surface area contributed by atoms with Crippen molar-refractivity contribution in [2.45, 2.75) is 46.2 Å². The van der Waals surface area contributed by atoms with Crippen LogP contribution in [-0.2, 0) is 30.7 Å². The molecular formula is C19H22N6O. The Hall–Kier alpha value is -2.96. The van der Waals surface area contributed by atoms with Crippen LogP contribution in [0.1, 0.15) is 35.0 Å². The first kappa shape index (κ1) is 16.5. The predicted octanol–water partition coefficient (Wildman–Crippen LogP) is 1.89. The largest absolute Gasteiger partial charge is 0.349 e. The number of amides is 1. The summed E-state index contributed by atoms with van der Waals surface area (Å²) in [5.74, 6) is 1.82. The van der Waals surface area contributed by atoms with E-state index in [9.17, 15) is 4.79 Å². The van der Waals surface area contributed by atoms with Crippen molar-refractivity contribution in [3.63, 3.8) is 0 Å². The van der Waals surface area contributed by atoms with Crippen molar-refractivity contribution < 1.29 is 4.79 Å². The Labute approximate surface area is 152 Å². The number of carbonyl (C=O) groups excluding carboxylic acids is 1. The molecule has 1 aromatic carbocycles. The van der Waals surface area contributed by atoms with Crippen molar-refractivity contribution in [1.29, 1.82) is 0 Å². The van der Waals surface area contributed by atoms with E-state index in [1.807, 2.05) is 48.9 Å². The molecule has 134 valence electrons. The highest BCUT2D eigenvalue weighted by Crippen LogP contribution is 2.18. The first-order chi connectivity index (χ1) is 12.6. The van der Waals surface area contributed by atoms with Gasteiger partial charge in [-0.05, 0) is 32.4 Å². The molecule has 3 heterocycles. The third kappa shape index (κ3) is 3.00. The molecule has 1 aliphatic rings. The molecule has 0 bridgehead atoms. The third-order valence-corrected chi connectivity index (χ3v) is 4.91. The number of hydrogen-bond donors (Lipinski definition) is 1. The molecule has 0 saturated heterocycles. The van der Waals surface area contributed by atoms with Crippen LogP contribution in [0, 0.1) is 13.8 Å². The Balaban J connectivity index is 1.45. The van der Waals surface area contributed by atoms with Crippen LogP contribution in [0.5, 0.6) is 0 Å². The summed E-state index contributed by atoms with van der Waals surface area (Å²) < 4.78 is 3.99. The standard InChI is InChI=1S/C19H22N6O/c1-13-16(14(2)25(23-13)15-7-4-3-5-8-15)11-19(26)20-12-18-22-21-17-9-6-10-24(17)18/h3-5,7-8H,6,9-12H2,1-2H3,(H,20,26). The minimum Gasteiger partial charge on any atom is -0.349 e. The quantitative estimate of drug-likeness (QED) is 0.762. The molecular weight excluding hydrogens is 328 g/mol. The highest BCUT2D eigenvalue weighted by Gasteiger charge is 2.19. The summed E-state index contributed by atoms with van der Waals surface area (Å²) in [6.07, 6.45) is 2.38. The van der Waals surface area contributed by atoms with E-state index in [2.05, 4.69) is 25.2 Å². The summed E-state index contributed by atoms with van der Waals surface area (Å²) in [4.78, 5) is 12.5. The lowest BCUT2D eigenvalue weighted by molar-refractivity contribution is -0.120. The van der Waals surface area contributed by atoms with Gasteiger partial charge in [-0.1, -0.05) is 18.2 Å². The van der Waals surface area contributed by atoms with Crippen LogP contribution < -0.4 is 5.32 Å². The van der Waals surface area contributed by atoms with Gasteiger partial charge in [-0.25, -0.2) is 4.68 Å². The zero-order valence-corrected chi connectivity index (χ0v) is 15.1. The Morgan fingerprint density at radius 1 is 1.19 bits per heavy atom. The molecule has 0 atom stereocenters. The Kier molecular flexibility index (Phi) is 4.28. The summed E-state index contributed by atoms with van der Waals surface area (Å²) in [7, 11) is 0. The van der Waals surface area contributed by atoms with E-state index in [4.69, 9.17) is 0 Å². The Bertz CT molecular complexity index is 941. The van der Waals surface area contributed by atoms with Gasteiger partial charge in [-0.2, -0.15) is 5.10 Å². The number of aromatic nitrogens is 5. The van der Waals surface area contributed by atoms with E-state index in [0.29, 0.717) is 13.0 Å². The van der Waals surface area contributed by atoms with Crippen LogP contribution in [-0.4, -0.2) is 30.5 Å². The van der Waals surface area contributed by atoms with E-state index in [0.717, 1.165) is 53.7 Å². The number of aryl methyl sites for hydroxylation is 2. The second-order valence-electron chi connectivity index (χ2n) is 6.64. The summed E-state index contributed by atoms with van der Waals surface area (Å²) in [5.41, 5.74) is 3.84. The Morgan fingerprint density at radius 2 is 2.00 bits per heavy atom. The topological polar surface area (TPSA) is 77.6 Å². The van der Waals surface area contributed by atoms with Crippen LogP contribution in [0.15, 0.2) is 30.3 Å². The lowest BCUT2D eigenvalue weighted by Gasteiger charge is -2.07. The summed E-state index contributed by atoms with van der Waals surface area (Å²) >= 11 is 0. The Morgan fingerprint density at radius 3 is 2.81 bits per heavy atom. The average Bonchev–Trinajstić information content (AvgIpc) is 3.32. The number of nitrogens with zero attached hydrogens (tertiary/aromatic N) is 5. The summed E-state index contributed by atoms with van der Waals surface area (Å²) in [6, 6.07) is 9.96. The molecule has 7 heteroatoms. The highest BCUT2D eigenvalue weighted by atomic mass is 16.1. The molecule has 1 N–H and O–H groups in total. The monoisotopic (exact) mass is 350 g/mol. The van der Waals surface area contributed by atoms with Crippen molar-refractivity contribution in [3.05, 3.63) is 58.9 Å². The van der Waals surface area contributed by atoms with E-state index >= 15 is 0 Å². The van der Waals surface area contributed by atoms with Gasteiger partial charge in [0, 0.05) is 24.2 Å². The molecule has 4 rings (SSSR count). The maximum Gasteiger partial charge on any atom is 0.224 e. The molecule has 26 heavy (non-hydrogen) atoms. The van der Waals surface area contributed by atoms with Gasteiger partial charge in [-0.3, -0.25) is 4.79 Å². The van der Waals surface area contributed by atoms with Gasteiger partial charge in [0.2, 0.25) is 5.91 Å². The number of nitrogens with one attached hydrogen (secondary N) is 1. The number of benzene rings is 1. The SMILES string of the molecule is Cc1nn(-c2ccccc2)c(C)c1CC(=O)NCc1nnc2n1CCC2. The first-order valence-corrected chi connectivity index (χ1v) is 8.91. The van der Waals surface area contributed by atoms with Gasteiger partial charge < -0.3 is 9.88 Å². The highest BCUT2D eigenvalue weighted by molar-refractivity contribution is 5.79. The van der Waals surface area contributed by atoms with Crippen LogP contribution in [0.4, 0.5) is 0 Å². The third-order valence-electron chi connectivity index (χ3n) is 4.91.